The van der Waals surface area contributed by atoms with E-state index in [0.29, 0.717) is 6.42 Å². The topological polar surface area (TPSA) is 58.3 Å². The molecule has 2 aromatic heterocycles. The number of rotatable bonds is 6. The number of fused-ring (bicyclic) bond motifs is 3. The van der Waals surface area contributed by atoms with Gasteiger partial charge in [0.25, 0.3) is 0 Å². The van der Waals surface area contributed by atoms with Gasteiger partial charge in [0.1, 0.15) is 0 Å². The zero-order chi connectivity index (χ0) is 32.9. The average molecular weight is 805 g/mol. The van der Waals surface area contributed by atoms with Crippen LogP contribution in [-0.4, -0.2) is 25.9 Å². The summed E-state index contributed by atoms with van der Waals surface area (Å²) in [5.74, 6) is 0.240. The molecule has 6 aromatic rings. The molecule has 0 saturated carbocycles. The molecule has 0 aliphatic carbocycles. The number of aromatic nitrogens is 2. The Morgan fingerprint density at radius 3 is 1.89 bits per heavy atom. The van der Waals surface area contributed by atoms with Crippen LogP contribution in [0, 0.1) is 11.5 Å². The van der Waals surface area contributed by atoms with Gasteiger partial charge in [0.15, 0.2) is 0 Å². The van der Waals surface area contributed by atoms with Crippen molar-refractivity contribution in [2.75, 3.05) is 0 Å². The maximum Gasteiger partial charge on any atom is 0.0912 e. The molecular formula is C42H45N2O2Pt-. The van der Waals surface area contributed by atoms with Crippen LogP contribution in [0.4, 0.5) is 0 Å². The summed E-state index contributed by atoms with van der Waals surface area (Å²) in [4.78, 5) is 4.31. The summed E-state index contributed by atoms with van der Waals surface area (Å²) in [6, 6.07) is 41.0. The van der Waals surface area contributed by atoms with Crippen LogP contribution >= 0.6 is 0 Å². The Kier molecular flexibility index (Phi) is 11.7. The molecule has 0 aliphatic heterocycles. The van der Waals surface area contributed by atoms with E-state index in [0.717, 1.165) is 28.9 Å². The molecule has 0 spiro atoms. The van der Waals surface area contributed by atoms with Crippen LogP contribution in [0.15, 0.2) is 127 Å². The van der Waals surface area contributed by atoms with E-state index in [1.807, 2.05) is 39.0 Å². The standard InChI is InChI=1S/C27H29NO2.C15H16N.Pt/c1-27(2,3)26(30)18-21(29)17-14-19-12-15-20(16-13-19)28-24-10-6-4-8-22(24)23-9-5-7-11-25(23)28;1-15(2,3)13-9-7-12(8-10-13)14-6-4-5-11-16-14;/h4-13,15-16,18,26,29-30H,14,17H2,1-3H3;4-7,9-11H,1-3H3;/q;-1;. The number of benzene rings is 4. The average Bonchev–Trinajstić information content (AvgIpc) is 3.38. The van der Waals surface area contributed by atoms with E-state index in [1.165, 1.54) is 27.4 Å². The summed E-state index contributed by atoms with van der Waals surface area (Å²) in [6.07, 6.45) is 3.96. The van der Waals surface area contributed by atoms with Crippen LogP contribution in [0.5, 0.6) is 0 Å². The Hall–Kier alpha value is -3.98. The third kappa shape index (κ3) is 8.89. The zero-order valence-corrected chi connectivity index (χ0v) is 30.4. The van der Waals surface area contributed by atoms with Gasteiger partial charge in [-0.25, -0.2) is 0 Å². The smallest absolute Gasteiger partial charge is 0.0912 e. The second kappa shape index (κ2) is 15.3. The number of aliphatic hydroxyl groups excluding tert-OH is 2. The van der Waals surface area contributed by atoms with Crippen LogP contribution in [0.1, 0.15) is 59.1 Å². The second-order valence-corrected chi connectivity index (χ2v) is 14.0. The molecule has 2 N–H and O–H groups in total. The van der Waals surface area contributed by atoms with Crippen molar-refractivity contribution in [1.29, 1.82) is 0 Å². The summed E-state index contributed by atoms with van der Waals surface area (Å²) in [7, 11) is 0. The zero-order valence-electron chi connectivity index (χ0n) is 28.1. The van der Waals surface area contributed by atoms with Gasteiger partial charge in [-0.15, -0.1) is 35.4 Å². The van der Waals surface area contributed by atoms with Crippen LogP contribution in [0.2, 0.25) is 0 Å². The van der Waals surface area contributed by atoms with Gasteiger partial charge in [0.2, 0.25) is 0 Å². The second-order valence-electron chi connectivity index (χ2n) is 14.0. The quantitative estimate of drug-likeness (QED) is 0.130. The number of hydrogen-bond acceptors (Lipinski definition) is 3. The van der Waals surface area contributed by atoms with E-state index in [2.05, 4.69) is 127 Å². The molecule has 4 aromatic carbocycles. The van der Waals surface area contributed by atoms with Gasteiger partial charge in [-0.2, -0.15) is 0 Å². The summed E-state index contributed by atoms with van der Waals surface area (Å²) in [5, 5.41) is 22.8. The molecule has 0 fully saturated rings. The molecule has 0 saturated heterocycles. The number of allylic oxidation sites excluding steroid dienone is 1. The van der Waals surface area contributed by atoms with E-state index < -0.39 is 6.10 Å². The molecule has 6 rings (SSSR count). The fourth-order valence-corrected chi connectivity index (χ4v) is 5.37. The first-order valence-corrected chi connectivity index (χ1v) is 16.0. The summed E-state index contributed by atoms with van der Waals surface area (Å²) >= 11 is 0. The summed E-state index contributed by atoms with van der Waals surface area (Å²) < 4.78 is 2.30. The van der Waals surface area contributed by atoms with Crippen molar-refractivity contribution in [3.05, 3.63) is 144 Å². The summed E-state index contributed by atoms with van der Waals surface area (Å²) in [5.41, 5.74) is 7.90. The Labute approximate surface area is 294 Å². The Balaban J connectivity index is 0.000000249. The molecule has 0 amide bonds. The molecule has 246 valence electrons. The van der Waals surface area contributed by atoms with Gasteiger partial charge in [0.05, 0.1) is 22.9 Å². The number of pyridine rings is 1. The normalized spacial score (nSPS) is 12.7. The molecule has 5 heteroatoms. The first kappa shape index (κ1) is 35.9. The minimum atomic E-state index is -0.657. The van der Waals surface area contributed by atoms with Gasteiger partial charge in [-0.1, -0.05) is 102 Å². The van der Waals surface area contributed by atoms with Gasteiger partial charge < -0.3 is 19.8 Å². The van der Waals surface area contributed by atoms with Gasteiger partial charge in [-0.3, -0.25) is 0 Å². The van der Waals surface area contributed by atoms with Crippen molar-refractivity contribution >= 4 is 21.8 Å². The Bertz CT molecular complexity index is 1860. The number of nitrogens with zero attached hydrogens (tertiary/aromatic N) is 2. The monoisotopic (exact) mass is 804 g/mol. The van der Waals surface area contributed by atoms with Crippen LogP contribution in [0.3, 0.4) is 0 Å². The van der Waals surface area contributed by atoms with Crippen molar-refractivity contribution in [2.24, 2.45) is 5.41 Å². The van der Waals surface area contributed by atoms with Crippen molar-refractivity contribution in [2.45, 2.75) is 65.9 Å². The van der Waals surface area contributed by atoms with Crippen LogP contribution in [0.25, 0.3) is 38.8 Å². The molecule has 1 unspecified atom stereocenters. The van der Waals surface area contributed by atoms with Gasteiger partial charge in [-0.05, 0) is 64.9 Å². The number of para-hydroxylation sites is 2. The fourth-order valence-electron chi connectivity index (χ4n) is 5.37. The van der Waals surface area contributed by atoms with E-state index in [-0.39, 0.29) is 37.7 Å². The Morgan fingerprint density at radius 1 is 0.787 bits per heavy atom. The SMILES string of the molecule is CC(C)(C)C(O)C=C(O)CCc1ccc(-n2c3ccccc3c3ccccc32)cc1.CC(C)(C)c1c[c-]c(-c2ccccn2)cc1.[Pt]. The molecule has 0 aliphatic rings. The minimum absolute atomic E-state index is 0. The van der Waals surface area contributed by atoms with Gasteiger partial charge in [0, 0.05) is 50.1 Å². The van der Waals surface area contributed by atoms with Crippen LogP contribution in [-0.2, 0) is 32.9 Å². The molecule has 2 heterocycles. The van der Waals surface area contributed by atoms with E-state index in [1.54, 1.807) is 12.3 Å². The molecule has 0 bridgehead atoms. The molecule has 0 radical (unpaired) electrons. The fraction of sp³-hybridized carbons (Fsp3) is 0.262. The third-order valence-electron chi connectivity index (χ3n) is 8.30. The maximum absolute atomic E-state index is 10.2. The van der Waals surface area contributed by atoms with Crippen molar-refractivity contribution < 1.29 is 31.3 Å². The number of aliphatic hydroxyl groups is 2. The first-order valence-electron chi connectivity index (χ1n) is 16.0. The van der Waals surface area contributed by atoms with Crippen molar-refractivity contribution in [3.8, 4) is 16.9 Å². The molecule has 4 nitrogen and oxygen atoms in total. The molecule has 47 heavy (non-hydrogen) atoms. The van der Waals surface area contributed by atoms with Gasteiger partial charge >= 0.3 is 0 Å². The van der Waals surface area contributed by atoms with E-state index in [4.69, 9.17) is 0 Å². The predicted molar refractivity (Wildman–Crippen MR) is 192 cm³/mol. The molecular weight excluding hydrogens is 760 g/mol. The van der Waals surface area contributed by atoms with E-state index in [9.17, 15) is 10.2 Å². The van der Waals surface area contributed by atoms with Crippen molar-refractivity contribution in [1.82, 2.24) is 9.55 Å². The third-order valence-corrected chi connectivity index (χ3v) is 8.30. The maximum atomic E-state index is 10.2. The first-order chi connectivity index (χ1) is 21.9. The molecule has 1 atom stereocenters. The van der Waals surface area contributed by atoms with E-state index >= 15 is 0 Å². The number of aryl methyl sites for hydroxylation is 1. The Morgan fingerprint density at radius 2 is 1.38 bits per heavy atom. The van der Waals surface area contributed by atoms with Crippen LogP contribution < -0.4 is 0 Å². The largest absolute Gasteiger partial charge is 0.513 e. The van der Waals surface area contributed by atoms with Crippen molar-refractivity contribution in [3.63, 3.8) is 0 Å². The minimum Gasteiger partial charge on any atom is -0.513 e. The number of hydrogen-bond donors (Lipinski definition) is 2. The predicted octanol–water partition coefficient (Wildman–Crippen LogP) is 10.4. The summed E-state index contributed by atoms with van der Waals surface area (Å²) in [6.45, 7) is 12.5.